The van der Waals surface area contributed by atoms with Crippen LogP contribution in [0.1, 0.15) is 30.6 Å². The number of aliphatic hydroxyl groups is 1. The Morgan fingerprint density at radius 1 is 1.25 bits per heavy atom. The molecular formula is C16H20N2O2. The molecule has 0 aromatic heterocycles. The number of carbonyl (C=O) groups is 1. The predicted molar refractivity (Wildman–Crippen MR) is 81.6 cm³/mol. The number of fused-ring (bicyclic) bond motifs is 1. The van der Waals surface area contributed by atoms with Crippen LogP contribution in [-0.2, 0) is 0 Å². The molecular weight excluding hydrogens is 252 g/mol. The number of aliphatic hydroxyl groups excluding tert-OH is 1. The van der Waals surface area contributed by atoms with Crippen molar-refractivity contribution in [2.45, 2.75) is 25.8 Å². The average Bonchev–Trinajstić information content (AvgIpc) is 2.37. The number of nitrogens with one attached hydrogen (secondary N) is 1. The van der Waals surface area contributed by atoms with Crippen LogP contribution >= 0.6 is 0 Å². The second-order valence-corrected chi connectivity index (χ2v) is 5.60. The van der Waals surface area contributed by atoms with Gasteiger partial charge in [0, 0.05) is 17.8 Å². The van der Waals surface area contributed by atoms with E-state index < -0.39 is 5.54 Å². The second kappa shape index (κ2) is 5.51. The highest BCUT2D eigenvalue weighted by atomic mass is 16.3. The van der Waals surface area contributed by atoms with E-state index in [2.05, 4.69) is 5.32 Å². The molecule has 20 heavy (non-hydrogen) atoms. The summed E-state index contributed by atoms with van der Waals surface area (Å²) >= 11 is 0. The average molecular weight is 272 g/mol. The van der Waals surface area contributed by atoms with Crippen LogP contribution in [0.25, 0.3) is 10.8 Å². The summed E-state index contributed by atoms with van der Waals surface area (Å²) in [5.41, 5.74) is 6.43. The maximum absolute atomic E-state index is 12.3. The molecule has 4 N–H and O–H groups in total. The molecule has 2 aromatic carbocycles. The molecule has 0 atom stereocenters. The van der Waals surface area contributed by atoms with Crippen LogP contribution in [0, 0.1) is 0 Å². The lowest BCUT2D eigenvalue weighted by molar-refractivity contribution is 0.0900. The van der Waals surface area contributed by atoms with Crippen LogP contribution in [0.5, 0.6) is 0 Å². The molecule has 1 amide bonds. The fourth-order valence-corrected chi connectivity index (χ4v) is 2.17. The van der Waals surface area contributed by atoms with Gasteiger partial charge in [0.1, 0.15) is 0 Å². The second-order valence-electron chi connectivity index (χ2n) is 5.60. The number of nitrogens with two attached hydrogens (primary N) is 1. The summed E-state index contributed by atoms with van der Waals surface area (Å²) in [6.07, 6.45) is 0.492. The Bertz CT molecular complexity index is 635. The third-order valence-corrected chi connectivity index (χ3v) is 3.35. The van der Waals surface area contributed by atoms with Gasteiger partial charge in [-0.15, -0.1) is 0 Å². The first-order valence-electron chi connectivity index (χ1n) is 6.64. The monoisotopic (exact) mass is 272 g/mol. The number of nitrogen functional groups attached to an aromatic ring is 1. The molecule has 0 fully saturated rings. The van der Waals surface area contributed by atoms with Crippen LogP contribution in [0.15, 0.2) is 36.4 Å². The summed E-state index contributed by atoms with van der Waals surface area (Å²) in [6, 6.07) is 11.4. The Morgan fingerprint density at radius 3 is 2.45 bits per heavy atom. The molecule has 0 aliphatic heterocycles. The summed E-state index contributed by atoms with van der Waals surface area (Å²) in [4.78, 5) is 12.3. The van der Waals surface area contributed by atoms with Crippen molar-refractivity contribution in [2.75, 3.05) is 12.3 Å². The summed E-state index contributed by atoms with van der Waals surface area (Å²) < 4.78 is 0. The molecule has 4 nitrogen and oxygen atoms in total. The van der Waals surface area contributed by atoms with Crippen LogP contribution in [0.3, 0.4) is 0 Å². The first-order valence-corrected chi connectivity index (χ1v) is 6.64. The van der Waals surface area contributed by atoms with Crippen molar-refractivity contribution >= 4 is 22.4 Å². The van der Waals surface area contributed by atoms with E-state index in [9.17, 15) is 4.79 Å². The van der Waals surface area contributed by atoms with Crippen LogP contribution in [0.2, 0.25) is 0 Å². The van der Waals surface area contributed by atoms with E-state index in [4.69, 9.17) is 10.8 Å². The molecule has 0 saturated carbocycles. The molecule has 106 valence electrons. The van der Waals surface area contributed by atoms with Crippen molar-refractivity contribution in [1.82, 2.24) is 5.32 Å². The van der Waals surface area contributed by atoms with Crippen LogP contribution in [0.4, 0.5) is 5.69 Å². The van der Waals surface area contributed by atoms with Gasteiger partial charge >= 0.3 is 0 Å². The molecule has 4 heteroatoms. The molecule has 0 unspecified atom stereocenters. The number of hydrogen-bond acceptors (Lipinski definition) is 3. The fraction of sp³-hybridized carbons (Fsp3) is 0.312. The van der Waals surface area contributed by atoms with E-state index in [1.54, 1.807) is 6.07 Å². The molecule has 0 spiro atoms. The third-order valence-electron chi connectivity index (χ3n) is 3.35. The lowest BCUT2D eigenvalue weighted by Gasteiger charge is -2.25. The normalized spacial score (nSPS) is 11.6. The van der Waals surface area contributed by atoms with E-state index in [1.165, 1.54) is 0 Å². The number of benzene rings is 2. The van der Waals surface area contributed by atoms with Crippen molar-refractivity contribution < 1.29 is 9.90 Å². The summed E-state index contributed by atoms with van der Waals surface area (Å²) in [5.74, 6) is -0.216. The maximum Gasteiger partial charge on any atom is 0.253 e. The Kier molecular flexibility index (Phi) is 3.95. The topological polar surface area (TPSA) is 75.3 Å². The van der Waals surface area contributed by atoms with Gasteiger partial charge in [-0.05, 0) is 43.2 Å². The number of rotatable bonds is 4. The molecule has 0 radical (unpaired) electrons. The summed E-state index contributed by atoms with van der Waals surface area (Å²) in [7, 11) is 0. The highest BCUT2D eigenvalue weighted by Gasteiger charge is 2.21. The fourth-order valence-electron chi connectivity index (χ4n) is 2.17. The number of anilines is 1. The summed E-state index contributed by atoms with van der Waals surface area (Å²) in [5, 5.41) is 13.9. The largest absolute Gasteiger partial charge is 0.398 e. The van der Waals surface area contributed by atoms with Crippen molar-refractivity contribution in [2.24, 2.45) is 0 Å². The van der Waals surface area contributed by atoms with Gasteiger partial charge < -0.3 is 16.2 Å². The minimum Gasteiger partial charge on any atom is -0.398 e. The van der Waals surface area contributed by atoms with Crippen molar-refractivity contribution in [3.05, 3.63) is 42.0 Å². The van der Waals surface area contributed by atoms with E-state index in [0.717, 1.165) is 10.8 Å². The van der Waals surface area contributed by atoms with Gasteiger partial charge in [-0.3, -0.25) is 4.79 Å². The number of amides is 1. The quantitative estimate of drug-likeness (QED) is 0.748. The van der Waals surface area contributed by atoms with Crippen LogP contribution < -0.4 is 11.1 Å². The van der Waals surface area contributed by atoms with Crippen molar-refractivity contribution in [1.29, 1.82) is 0 Å². The van der Waals surface area contributed by atoms with E-state index >= 15 is 0 Å². The first kappa shape index (κ1) is 14.3. The van der Waals surface area contributed by atoms with Crippen molar-refractivity contribution in [3.8, 4) is 0 Å². The molecule has 0 aliphatic carbocycles. The maximum atomic E-state index is 12.3. The zero-order valence-corrected chi connectivity index (χ0v) is 11.8. The lowest BCUT2D eigenvalue weighted by Crippen LogP contribution is -2.44. The van der Waals surface area contributed by atoms with Gasteiger partial charge in [-0.25, -0.2) is 0 Å². The Morgan fingerprint density at radius 2 is 1.85 bits per heavy atom. The minimum atomic E-state index is -0.468. The summed E-state index contributed by atoms with van der Waals surface area (Å²) in [6.45, 7) is 3.77. The minimum absolute atomic E-state index is 0.0283. The van der Waals surface area contributed by atoms with Gasteiger partial charge in [-0.2, -0.15) is 0 Å². The molecule has 0 saturated heterocycles. The van der Waals surface area contributed by atoms with E-state index in [1.807, 2.05) is 44.2 Å². The first-order chi connectivity index (χ1) is 9.43. The van der Waals surface area contributed by atoms with Crippen LogP contribution in [-0.4, -0.2) is 23.2 Å². The van der Waals surface area contributed by atoms with Crippen molar-refractivity contribution in [3.63, 3.8) is 0 Å². The Hall–Kier alpha value is -2.07. The highest BCUT2D eigenvalue weighted by Crippen LogP contribution is 2.22. The number of carbonyl (C=O) groups excluding carboxylic acids is 1. The lowest BCUT2D eigenvalue weighted by atomic mass is 9.99. The zero-order chi connectivity index (χ0) is 14.8. The molecule has 0 bridgehead atoms. The van der Waals surface area contributed by atoms with Gasteiger partial charge in [0.2, 0.25) is 0 Å². The molecule has 2 aromatic rings. The van der Waals surface area contributed by atoms with E-state index in [-0.39, 0.29) is 12.5 Å². The van der Waals surface area contributed by atoms with Gasteiger partial charge in [0.15, 0.2) is 0 Å². The Labute approximate surface area is 118 Å². The highest BCUT2D eigenvalue weighted by molar-refractivity contribution is 6.04. The van der Waals surface area contributed by atoms with Gasteiger partial charge in [0.05, 0.1) is 5.56 Å². The predicted octanol–water partition coefficient (Wildman–Crippen LogP) is 2.31. The third kappa shape index (κ3) is 3.08. The molecule has 2 rings (SSSR count). The standard InChI is InChI=1S/C16H20N2O2/c1-16(2,7-8-19)18-15(20)13-9-11-5-3-4-6-12(11)10-14(13)17/h3-6,9-10,19H,7-8,17H2,1-2H3,(H,18,20). The Balaban J connectivity index is 2.32. The zero-order valence-electron chi connectivity index (χ0n) is 11.8. The van der Waals surface area contributed by atoms with Gasteiger partial charge in [-0.1, -0.05) is 24.3 Å². The molecule has 0 aliphatic rings. The van der Waals surface area contributed by atoms with E-state index in [0.29, 0.717) is 17.7 Å². The smallest absolute Gasteiger partial charge is 0.253 e. The van der Waals surface area contributed by atoms with Gasteiger partial charge in [0.25, 0.3) is 5.91 Å². The SMILES string of the molecule is CC(C)(CCO)NC(=O)c1cc2ccccc2cc1N. The number of hydrogen-bond donors (Lipinski definition) is 3. The molecule has 0 heterocycles.